The average molecular weight is 371 g/mol. The molecule has 1 aromatic rings. The summed E-state index contributed by atoms with van der Waals surface area (Å²) in [5.74, 6) is -3.18. The summed E-state index contributed by atoms with van der Waals surface area (Å²) < 4.78 is 48.0. The minimum atomic E-state index is -4.64. The lowest BCUT2D eigenvalue weighted by Crippen LogP contribution is -2.46. The highest BCUT2D eigenvalue weighted by atomic mass is 32.2. The van der Waals surface area contributed by atoms with Gasteiger partial charge in [0.1, 0.15) is 0 Å². The average Bonchev–Trinajstić information content (AvgIpc) is 2.88. The van der Waals surface area contributed by atoms with Crippen LogP contribution < -0.4 is 5.32 Å². The number of benzene rings is 1. The van der Waals surface area contributed by atoms with Crippen molar-refractivity contribution in [3.63, 3.8) is 0 Å². The van der Waals surface area contributed by atoms with Gasteiger partial charge in [0.05, 0.1) is 4.90 Å². The molecule has 3 unspecified atom stereocenters. The summed E-state index contributed by atoms with van der Waals surface area (Å²) in [6, 6.07) is 4.75. The lowest BCUT2D eigenvalue weighted by molar-refractivity contribution is 0.0826. The number of alkyl halides is 2. The zero-order valence-corrected chi connectivity index (χ0v) is 15.4. The topological polar surface area (TPSA) is 63.2 Å². The minimum absolute atomic E-state index is 0.0340. The van der Waals surface area contributed by atoms with Gasteiger partial charge < -0.3 is 5.32 Å². The van der Waals surface area contributed by atoms with E-state index in [-0.39, 0.29) is 28.3 Å². The van der Waals surface area contributed by atoms with Crippen molar-refractivity contribution in [2.45, 2.75) is 56.7 Å². The van der Waals surface area contributed by atoms with E-state index in [0.717, 1.165) is 25.0 Å². The van der Waals surface area contributed by atoms with Crippen LogP contribution in [0, 0.1) is 16.7 Å². The summed E-state index contributed by atoms with van der Waals surface area (Å²) in [5, 5.41) is 3.07. The number of carbonyl (C=O) groups excluding carboxylic acids is 1. The van der Waals surface area contributed by atoms with Crippen molar-refractivity contribution in [2.24, 2.45) is 16.7 Å². The van der Waals surface area contributed by atoms with E-state index >= 15 is 0 Å². The zero-order chi connectivity index (χ0) is 18.6. The summed E-state index contributed by atoms with van der Waals surface area (Å²) in [6.45, 7) is 6.71. The van der Waals surface area contributed by atoms with Crippen LogP contribution >= 0.6 is 0 Å². The zero-order valence-electron chi connectivity index (χ0n) is 14.6. The molecule has 0 aliphatic heterocycles. The third-order valence-electron chi connectivity index (χ3n) is 6.78. The molecule has 3 atom stereocenters. The molecule has 138 valence electrons. The molecule has 0 radical (unpaired) electrons. The van der Waals surface area contributed by atoms with Crippen LogP contribution in [0.15, 0.2) is 29.2 Å². The Morgan fingerprint density at radius 2 is 1.80 bits per heavy atom. The molecule has 1 N–H and O–H groups in total. The van der Waals surface area contributed by atoms with Gasteiger partial charge in [-0.2, -0.15) is 8.78 Å². The van der Waals surface area contributed by atoms with Gasteiger partial charge in [-0.15, -0.1) is 0 Å². The number of hydrogen-bond donors (Lipinski definition) is 1. The Labute approximate surface area is 146 Å². The fourth-order valence-electron chi connectivity index (χ4n) is 4.56. The van der Waals surface area contributed by atoms with Crippen LogP contribution in [0.25, 0.3) is 0 Å². The SMILES string of the molecule is CC1(C)C2CCC1(C)C(NC(=O)c1ccc(S(=O)(=O)C(F)F)cc1)C2. The van der Waals surface area contributed by atoms with Crippen LogP contribution in [0.1, 0.15) is 50.4 Å². The normalized spacial score (nSPS) is 30.6. The number of carbonyl (C=O) groups is 1. The first kappa shape index (κ1) is 18.3. The monoisotopic (exact) mass is 371 g/mol. The Kier molecular flexibility index (Phi) is 4.21. The van der Waals surface area contributed by atoms with Gasteiger partial charge in [0.25, 0.3) is 5.91 Å². The van der Waals surface area contributed by atoms with Crippen LogP contribution in [0.4, 0.5) is 8.78 Å². The van der Waals surface area contributed by atoms with E-state index < -0.39 is 20.5 Å². The molecule has 1 aromatic carbocycles. The molecule has 4 nitrogen and oxygen atoms in total. The molecule has 1 amide bonds. The van der Waals surface area contributed by atoms with E-state index in [0.29, 0.717) is 5.92 Å². The van der Waals surface area contributed by atoms with Crippen molar-refractivity contribution in [3.05, 3.63) is 29.8 Å². The van der Waals surface area contributed by atoms with Crippen LogP contribution in [0.5, 0.6) is 0 Å². The summed E-state index contributed by atoms with van der Waals surface area (Å²) >= 11 is 0. The second-order valence-electron chi connectivity index (χ2n) is 7.97. The first-order valence-electron chi connectivity index (χ1n) is 8.43. The molecule has 2 bridgehead atoms. The second-order valence-corrected chi connectivity index (χ2v) is 9.88. The number of rotatable bonds is 4. The summed E-state index contributed by atoms with van der Waals surface area (Å²) in [5.41, 5.74) is 0.476. The van der Waals surface area contributed by atoms with Crippen molar-refractivity contribution in [2.75, 3.05) is 0 Å². The summed E-state index contributed by atoms with van der Waals surface area (Å²) in [7, 11) is -4.64. The van der Waals surface area contributed by atoms with Gasteiger partial charge in [-0.25, -0.2) is 8.42 Å². The number of amides is 1. The van der Waals surface area contributed by atoms with E-state index in [1.807, 2.05) is 0 Å². The first-order valence-corrected chi connectivity index (χ1v) is 9.98. The smallest absolute Gasteiger partial charge is 0.341 e. The number of fused-ring (bicyclic) bond motifs is 2. The third kappa shape index (κ3) is 2.67. The van der Waals surface area contributed by atoms with E-state index in [9.17, 15) is 22.0 Å². The van der Waals surface area contributed by atoms with Crippen LogP contribution in [-0.4, -0.2) is 26.1 Å². The molecule has 2 aliphatic carbocycles. The van der Waals surface area contributed by atoms with E-state index in [1.165, 1.54) is 18.6 Å². The van der Waals surface area contributed by atoms with Crippen molar-refractivity contribution in [1.29, 1.82) is 0 Å². The van der Waals surface area contributed by atoms with Gasteiger partial charge in [-0.05, 0) is 60.3 Å². The Bertz CT molecular complexity index is 789. The number of halogens is 2. The highest BCUT2D eigenvalue weighted by Crippen LogP contribution is 2.65. The Morgan fingerprint density at radius 1 is 1.20 bits per heavy atom. The molecule has 0 saturated heterocycles. The molecule has 3 rings (SSSR count). The van der Waals surface area contributed by atoms with Gasteiger partial charge in [0.15, 0.2) is 0 Å². The van der Waals surface area contributed by atoms with Crippen LogP contribution in [-0.2, 0) is 9.84 Å². The van der Waals surface area contributed by atoms with E-state index in [4.69, 9.17) is 0 Å². The van der Waals surface area contributed by atoms with Gasteiger partial charge in [-0.1, -0.05) is 20.8 Å². The number of nitrogens with one attached hydrogen (secondary N) is 1. The number of sulfone groups is 1. The quantitative estimate of drug-likeness (QED) is 0.879. The first-order chi connectivity index (χ1) is 11.5. The van der Waals surface area contributed by atoms with Crippen LogP contribution in [0.3, 0.4) is 0 Å². The molecule has 2 fully saturated rings. The Morgan fingerprint density at radius 3 is 2.24 bits per heavy atom. The fraction of sp³-hybridized carbons (Fsp3) is 0.611. The highest BCUT2D eigenvalue weighted by Gasteiger charge is 2.61. The number of hydrogen-bond acceptors (Lipinski definition) is 3. The van der Waals surface area contributed by atoms with Crippen molar-refractivity contribution in [1.82, 2.24) is 5.32 Å². The van der Waals surface area contributed by atoms with E-state index in [1.54, 1.807) is 0 Å². The molecule has 2 aliphatic rings. The Balaban J connectivity index is 1.75. The standard InChI is InChI=1S/C18H23F2NO3S/c1-17(2)12-8-9-18(17,3)14(10-12)21-15(22)11-4-6-13(7-5-11)25(23,24)16(19)20/h4-7,12,14,16H,8-10H2,1-3H3,(H,21,22). The van der Waals surface area contributed by atoms with E-state index in [2.05, 4.69) is 26.1 Å². The predicted octanol–water partition coefficient (Wildman–Crippen LogP) is 3.63. The highest BCUT2D eigenvalue weighted by molar-refractivity contribution is 7.91. The van der Waals surface area contributed by atoms with Gasteiger partial charge in [0, 0.05) is 11.6 Å². The molecular weight excluding hydrogens is 348 g/mol. The predicted molar refractivity (Wildman–Crippen MR) is 90.1 cm³/mol. The van der Waals surface area contributed by atoms with Crippen LogP contribution in [0.2, 0.25) is 0 Å². The third-order valence-corrected chi connectivity index (χ3v) is 8.18. The molecular formula is C18H23F2NO3S. The van der Waals surface area contributed by atoms with Gasteiger partial charge in [0.2, 0.25) is 9.84 Å². The van der Waals surface area contributed by atoms with Gasteiger partial charge >= 0.3 is 5.76 Å². The largest absolute Gasteiger partial charge is 0.349 e. The maximum atomic E-state index is 12.6. The Hall–Kier alpha value is -1.50. The fourth-order valence-corrected chi connectivity index (χ4v) is 5.28. The molecule has 0 aromatic heterocycles. The molecule has 0 spiro atoms. The molecule has 25 heavy (non-hydrogen) atoms. The maximum absolute atomic E-state index is 12.6. The molecule has 0 heterocycles. The maximum Gasteiger partial charge on any atom is 0.341 e. The minimum Gasteiger partial charge on any atom is -0.349 e. The summed E-state index contributed by atoms with van der Waals surface area (Å²) in [4.78, 5) is 12.0. The van der Waals surface area contributed by atoms with Crippen molar-refractivity contribution >= 4 is 15.7 Å². The lowest BCUT2D eigenvalue weighted by atomic mass is 9.69. The lowest BCUT2D eigenvalue weighted by Gasteiger charge is -2.39. The summed E-state index contributed by atoms with van der Waals surface area (Å²) in [6.07, 6.45) is 3.18. The van der Waals surface area contributed by atoms with Crippen molar-refractivity contribution in [3.8, 4) is 0 Å². The molecule has 7 heteroatoms. The second kappa shape index (κ2) is 5.76. The van der Waals surface area contributed by atoms with Gasteiger partial charge in [-0.3, -0.25) is 4.79 Å². The van der Waals surface area contributed by atoms with Crippen molar-refractivity contribution < 1.29 is 22.0 Å². The molecule has 2 saturated carbocycles.